The zero-order valence-electron chi connectivity index (χ0n) is 10.9. The number of piperidine rings is 1. The number of carbonyl (C=O) groups is 1. The summed E-state index contributed by atoms with van der Waals surface area (Å²) in [6.07, 6.45) is 2.55. The van der Waals surface area contributed by atoms with E-state index in [0.717, 1.165) is 19.5 Å². The summed E-state index contributed by atoms with van der Waals surface area (Å²) < 4.78 is 0. The van der Waals surface area contributed by atoms with E-state index < -0.39 is 5.97 Å². The van der Waals surface area contributed by atoms with Gasteiger partial charge < -0.3 is 10.0 Å². The number of rotatable bonds is 4. The molecule has 0 radical (unpaired) electrons. The minimum Gasteiger partial charge on any atom is -0.481 e. The van der Waals surface area contributed by atoms with E-state index in [4.69, 9.17) is 5.11 Å². The molecule has 1 fully saturated rings. The molecule has 1 heterocycles. The van der Waals surface area contributed by atoms with Gasteiger partial charge in [-0.1, -0.05) is 30.3 Å². The smallest absolute Gasteiger partial charge is 0.303 e. The van der Waals surface area contributed by atoms with Crippen LogP contribution in [0.5, 0.6) is 0 Å². The van der Waals surface area contributed by atoms with E-state index in [1.807, 2.05) is 18.2 Å². The molecule has 0 aromatic heterocycles. The second kappa shape index (κ2) is 6.01. The molecular weight excluding hydrogens is 226 g/mol. The van der Waals surface area contributed by atoms with Gasteiger partial charge in [-0.25, -0.2) is 0 Å². The van der Waals surface area contributed by atoms with Crippen LogP contribution in [0.15, 0.2) is 30.3 Å². The number of hydrogen-bond donors (Lipinski definition) is 1. The second-order valence-electron chi connectivity index (χ2n) is 5.28. The number of aliphatic carboxylic acids is 1. The molecule has 0 bridgehead atoms. The lowest BCUT2D eigenvalue weighted by Crippen LogP contribution is -2.35. The van der Waals surface area contributed by atoms with Crippen molar-refractivity contribution in [2.24, 2.45) is 5.92 Å². The van der Waals surface area contributed by atoms with Crippen molar-refractivity contribution in [3.05, 3.63) is 35.9 Å². The molecule has 1 aromatic rings. The average Bonchev–Trinajstić information content (AvgIpc) is 2.37. The Morgan fingerprint density at radius 2 is 2.17 bits per heavy atom. The number of likely N-dealkylation sites (tertiary alicyclic amines) is 1. The largest absolute Gasteiger partial charge is 0.481 e. The SMILES string of the molecule is CN1CCC[C@H]([C@@H](CC(=O)O)c2ccccc2)C1. The lowest BCUT2D eigenvalue weighted by molar-refractivity contribution is -0.137. The highest BCUT2D eigenvalue weighted by Crippen LogP contribution is 2.33. The number of carboxylic acids is 1. The molecule has 1 aromatic carbocycles. The van der Waals surface area contributed by atoms with Gasteiger partial charge in [-0.05, 0) is 43.8 Å². The molecule has 2 atom stereocenters. The summed E-state index contributed by atoms with van der Waals surface area (Å²) in [6, 6.07) is 10.1. The zero-order chi connectivity index (χ0) is 13.0. The molecule has 3 heteroatoms. The van der Waals surface area contributed by atoms with Crippen LogP contribution in [0, 0.1) is 5.92 Å². The molecule has 98 valence electrons. The van der Waals surface area contributed by atoms with Gasteiger partial charge in [0.25, 0.3) is 0 Å². The van der Waals surface area contributed by atoms with E-state index in [2.05, 4.69) is 24.1 Å². The third kappa shape index (κ3) is 3.33. The molecule has 0 unspecified atom stereocenters. The second-order valence-corrected chi connectivity index (χ2v) is 5.28. The Bertz CT molecular complexity index is 391. The third-order valence-electron chi connectivity index (χ3n) is 3.85. The minimum atomic E-state index is -0.697. The Morgan fingerprint density at radius 3 is 2.78 bits per heavy atom. The lowest BCUT2D eigenvalue weighted by atomic mass is 9.79. The number of nitrogens with zero attached hydrogens (tertiary/aromatic N) is 1. The monoisotopic (exact) mass is 247 g/mol. The summed E-state index contributed by atoms with van der Waals surface area (Å²) in [5.74, 6) is -0.0919. The fourth-order valence-electron chi connectivity index (χ4n) is 2.98. The fourth-order valence-corrected chi connectivity index (χ4v) is 2.98. The van der Waals surface area contributed by atoms with Crippen LogP contribution in [-0.4, -0.2) is 36.1 Å². The first-order valence-corrected chi connectivity index (χ1v) is 6.62. The van der Waals surface area contributed by atoms with E-state index in [-0.39, 0.29) is 12.3 Å². The molecule has 2 rings (SSSR count). The molecule has 1 aliphatic heterocycles. The van der Waals surface area contributed by atoms with Crippen molar-refractivity contribution in [1.29, 1.82) is 0 Å². The van der Waals surface area contributed by atoms with E-state index >= 15 is 0 Å². The molecule has 1 N–H and O–H groups in total. The van der Waals surface area contributed by atoms with Gasteiger partial charge in [-0.15, -0.1) is 0 Å². The Kier molecular flexibility index (Phi) is 4.37. The highest BCUT2D eigenvalue weighted by molar-refractivity contribution is 5.68. The van der Waals surface area contributed by atoms with Crippen molar-refractivity contribution in [3.63, 3.8) is 0 Å². The van der Waals surface area contributed by atoms with Crippen LogP contribution in [0.1, 0.15) is 30.7 Å². The summed E-state index contributed by atoms with van der Waals surface area (Å²) in [5.41, 5.74) is 1.17. The average molecular weight is 247 g/mol. The van der Waals surface area contributed by atoms with Crippen molar-refractivity contribution < 1.29 is 9.90 Å². The summed E-state index contributed by atoms with van der Waals surface area (Å²) >= 11 is 0. The number of carboxylic acid groups (broad SMARTS) is 1. The van der Waals surface area contributed by atoms with E-state index in [1.54, 1.807) is 0 Å². The van der Waals surface area contributed by atoms with Crippen LogP contribution >= 0.6 is 0 Å². The fraction of sp³-hybridized carbons (Fsp3) is 0.533. The Morgan fingerprint density at radius 1 is 1.44 bits per heavy atom. The molecule has 0 spiro atoms. The standard InChI is InChI=1S/C15H21NO2/c1-16-9-5-8-13(11-16)14(10-15(17)18)12-6-3-2-4-7-12/h2-4,6-7,13-14H,5,8-11H2,1H3,(H,17,18)/t13-,14-/m0/s1. The van der Waals surface area contributed by atoms with Crippen molar-refractivity contribution in [1.82, 2.24) is 4.90 Å². The van der Waals surface area contributed by atoms with Gasteiger partial charge in [0.05, 0.1) is 6.42 Å². The van der Waals surface area contributed by atoms with Gasteiger partial charge in [0.15, 0.2) is 0 Å². The van der Waals surface area contributed by atoms with Gasteiger partial charge in [-0.3, -0.25) is 4.79 Å². The van der Waals surface area contributed by atoms with Gasteiger partial charge in [-0.2, -0.15) is 0 Å². The van der Waals surface area contributed by atoms with Gasteiger partial charge in [0.1, 0.15) is 0 Å². The molecule has 0 amide bonds. The molecular formula is C15H21NO2. The quantitative estimate of drug-likeness (QED) is 0.889. The van der Waals surface area contributed by atoms with Crippen LogP contribution < -0.4 is 0 Å². The molecule has 0 saturated carbocycles. The molecule has 1 saturated heterocycles. The predicted octanol–water partition coefficient (Wildman–Crippen LogP) is 2.59. The summed E-state index contributed by atoms with van der Waals surface area (Å²) in [4.78, 5) is 13.4. The van der Waals surface area contributed by atoms with Crippen LogP contribution in [0.4, 0.5) is 0 Å². The third-order valence-corrected chi connectivity index (χ3v) is 3.85. The minimum absolute atomic E-state index is 0.145. The van der Waals surface area contributed by atoms with E-state index in [9.17, 15) is 4.79 Å². The highest BCUT2D eigenvalue weighted by Gasteiger charge is 2.28. The van der Waals surface area contributed by atoms with Crippen molar-refractivity contribution >= 4 is 5.97 Å². The van der Waals surface area contributed by atoms with Crippen molar-refractivity contribution in [2.75, 3.05) is 20.1 Å². The number of benzene rings is 1. The first-order chi connectivity index (χ1) is 8.66. The molecule has 18 heavy (non-hydrogen) atoms. The molecule has 3 nitrogen and oxygen atoms in total. The van der Waals surface area contributed by atoms with Crippen molar-refractivity contribution in [2.45, 2.75) is 25.2 Å². The van der Waals surface area contributed by atoms with Crippen LogP contribution in [0.2, 0.25) is 0 Å². The van der Waals surface area contributed by atoms with E-state index in [0.29, 0.717) is 5.92 Å². The topological polar surface area (TPSA) is 40.5 Å². The normalized spacial score (nSPS) is 22.6. The Hall–Kier alpha value is -1.35. The lowest BCUT2D eigenvalue weighted by Gasteiger charge is -2.34. The predicted molar refractivity (Wildman–Crippen MR) is 71.7 cm³/mol. The van der Waals surface area contributed by atoms with Crippen molar-refractivity contribution in [3.8, 4) is 0 Å². The maximum absolute atomic E-state index is 11.1. The maximum Gasteiger partial charge on any atom is 0.303 e. The van der Waals surface area contributed by atoms with E-state index in [1.165, 1.54) is 12.0 Å². The summed E-state index contributed by atoms with van der Waals surface area (Å²) in [6.45, 7) is 2.14. The number of hydrogen-bond acceptors (Lipinski definition) is 2. The van der Waals surface area contributed by atoms with Gasteiger partial charge >= 0.3 is 5.97 Å². The summed E-state index contributed by atoms with van der Waals surface area (Å²) in [5, 5.41) is 9.13. The van der Waals surface area contributed by atoms with Gasteiger partial charge in [0.2, 0.25) is 0 Å². The molecule has 1 aliphatic rings. The Balaban J connectivity index is 2.16. The highest BCUT2D eigenvalue weighted by atomic mass is 16.4. The summed E-state index contributed by atoms with van der Waals surface area (Å²) in [7, 11) is 2.12. The maximum atomic E-state index is 11.1. The molecule has 0 aliphatic carbocycles. The first kappa shape index (κ1) is 13.1. The first-order valence-electron chi connectivity index (χ1n) is 6.62. The van der Waals surface area contributed by atoms with Crippen LogP contribution in [0.25, 0.3) is 0 Å². The van der Waals surface area contributed by atoms with Crippen LogP contribution in [0.3, 0.4) is 0 Å². The Labute approximate surface area is 108 Å². The zero-order valence-corrected chi connectivity index (χ0v) is 10.9. The van der Waals surface area contributed by atoms with Crippen LogP contribution in [-0.2, 0) is 4.79 Å². The van der Waals surface area contributed by atoms with Gasteiger partial charge in [0, 0.05) is 6.54 Å².